The van der Waals surface area contributed by atoms with Crippen molar-refractivity contribution in [3.63, 3.8) is 0 Å². The molecule has 1 rings (SSSR count). The van der Waals surface area contributed by atoms with Gasteiger partial charge in [0.25, 0.3) is 0 Å². The maximum absolute atomic E-state index is 9.07. The van der Waals surface area contributed by atoms with E-state index in [2.05, 4.69) is 31.9 Å². The minimum Gasteiger partial charge on any atom is -0.392 e. The summed E-state index contributed by atoms with van der Waals surface area (Å²) >= 11 is 0. The summed E-state index contributed by atoms with van der Waals surface area (Å²) in [5.41, 5.74) is 0. The van der Waals surface area contributed by atoms with E-state index in [9.17, 15) is 0 Å². The van der Waals surface area contributed by atoms with Crippen LogP contribution in [0.2, 0.25) is 0 Å². The van der Waals surface area contributed by atoms with Crippen LogP contribution in [0.15, 0.2) is 0 Å². The Balaban J connectivity index is 2.50. The lowest BCUT2D eigenvalue weighted by atomic mass is 10.4. The highest BCUT2D eigenvalue weighted by Gasteiger charge is 2.03. The fraction of sp³-hybridized carbons (Fsp3) is 0.667. The van der Waals surface area contributed by atoms with Crippen LogP contribution in [-0.4, -0.2) is 50.5 Å². The summed E-state index contributed by atoms with van der Waals surface area (Å²) in [5, 5.41) is 23.8. The van der Waals surface area contributed by atoms with Crippen LogP contribution in [0.3, 0.4) is 0 Å². The number of nitrogens with one attached hydrogen (secondary N) is 2. The van der Waals surface area contributed by atoms with Crippen LogP contribution >= 0.6 is 0 Å². The molecule has 0 amide bonds. The van der Waals surface area contributed by atoms with E-state index in [4.69, 9.17) is 10.2 Å². The third-order valence-corrected chi connectivity index (χ3v) is 1.63. The van der Waals surface area contributed by atoms with E-state index in [1.165, 1.54) is 0 Å². The lowest BCUT2D eigenvalue weighted by molar-refractivity contribution is 0.208. The maximum Gasteiger partial charge on any atom is 0.228 e. The number of anilines is 2. The molecule has 4 N–H and O–H groups in total. The molecule has 0 saturated heterocycles. The van der Waals surface area contributed by atoms with Gasteiger partial charge >= 0.3 is 0 Å². The highest BCUT2D eigenvalue weighted by molar-refractivity contribution is 5.32. The van der Waals surface area contributed by atoms with Crippen LogP contribution < -0.4 is 10.6 Å². The third kappa shape index (κ3) is 4.85. The Morgan fingerprint density at radius 3 is 1.88 bits per heavy atom. The quantitative estimate of drug-likeness (QED) is 0.506. The normalized spacial score (nSPS) is 14.2. The molecule has 16 heavy (non-hydrogen) atoms. The van der Waals surface area contributed by atoms with Crippen molar-refractivity contribution in [3.8, 4) is 0 Å². The molecule has 1 aromatic rings. The van der Waals surface area contributed by atoms with Gasteiger partial charge in [-0.25, -0.2) is 0 Å². The smallest absolute Gasteiger partial charge is 0.228 e. The molecule has 7 nitrogen and oxygen atoms in total. The summed E-state index contributed by atoms with van der Waals surface area (Å²) in [6.07, 6.45) is 1.46. The van der Waals surface area contributed by atoms with Crippen molar-refractivity contribution < 1.29 is 10.2 Å². The average molecular weight is 226 g/mol. The van der Waals surface area contributed by atoms with Crippen LogP contribution in [-0.2, 0) is 0 Å². The van der Waals surface area contributed by atoms with Crippen molar-refractivity contribution >= 4 is 11.9 Å². The standard InChI is InChI=1S/C9H16N5O2/c1-6(15)3-10-8-12-5-13-9(14-8)11-4-7(2)16/h6-7,15-16H,3-4H2,1-2H3,(H2,10,11,12,13,14). The van der Waals surface area contributed by atoms with E-state index in [0.29, 0.717) is 25.0 Å². The molecule has 0 aliphatic heterocycles. The van der Waals surface area contributed by atoms with Gasteiger partial charge in [0.2, 0.25) is 18.2 Å². The van der Waals surface area contributed by atoms with Gasteiger partial charge in [-0.05, 0) is 13.8 Å². The Bertz CT molecular complexity index is 291. The lowest BCUT2D eigenvalue weighted by Crippen LogP contribution is -2.19. The van der Waals surface area contributed by atoms with Gasteiger partial charge in [0.05, 0.1) is 12.2 Å². The lowest BCUT2D eigenvalue weighted by Gasteiger charge is -2.09. The molecule has 0 fully saturated rings. The predicted molar refractivity (Wildman–Crippen MR) is 59.0 cm³/mol. The minimum absolute atomic E-state index is 0.337. The molecule has 0 aromatic carbocycles. The fourth-order valence-electron chi connectivity index (χ4n) is 0.906. The SMILES string of the molecule is CC(O)CNc1n[c]nc(NCC(C)O)n1. The van der Waals surface area contributed by atoms with E-state index in [0.717, 1.165) is 0 Å². The first-order valence-corrected chi connectivity index (χ1v) is 5.04. The maximum atomic E-state index is 9.07. The van der Waals surface area contributed by atoms with Crippen molar-refractivity contribution in [1.29, 1.82) is 0 Å². The summed E-state index contributed by atoms with van der Waals surface area (Å²) in [5.74, 6) is 0.674. The highest BCUT2D eigenvalue weighted by Crippen LogP contribution is 2.01. The molecule has 1 aromatic heterocycles. The van der Waals surface area contributed by atoms with Gasteiger partial charge in [0.15, 0.2) is 0 Å². The van der Waals surface area contributed by atoms with Gasteiger partial charge in [-0.3, -0.25) is 0 Å². The Morgan fingerprint density at radius 1 is 1.06 bits per heavy atom. The van der Waals surface area contributed by atoms with E-state index < -0.39 is 12.2 Å². The summed E-state index contributed by atoms with van der Waals surface area (Å²) in [6, 6.07) is 0. The zero-order chi connectivity index (χ0) is 12.0. The highest BCUT2D eigenvalue weighted by atomic mass is 16.3. The van der Waals surface area contributed by atoms with Crippen molar-refractivity contribution in [3.05, 3.63) is 6.33 Å². The molecule has 7 heteroatoms. The predicted octanol–water partition coefficient (Wildman–Crippen LogP) is -0.743. The minimum atomic E-state index is -0.481. The zero-order valence-corrected chi connectivity index (χ0v) is 9.30. The molecule has 0 bridgehead atoms. The molecule has 1 heterocycles. The average Bonchev–Trinajstić information content (AvgIpc) is 2.24. The first-order valence-electron chi connectivity index (χ1n) is 5.04. The molecular formula is C9H16N5O2. The molecule has 2 unspecified atom stereocenters. The Labute approximate surface area is 94.0 Å². The number of aliphatic hydroxyl groups excluding tert-OH is 2. The first kappa shape index (κ1) is 12.6. The number of aromatic nitrogens is 3. The van der Waals surface area contributed by atoms with Gasteiger partial charge < -0.3 is 20.8 Å². The van der Waals surface area contributed by atoms with Crippen LogP contribution in [0, 0.1) is 6.33 Å². The molecule has 2 atom stereocenters. The van der Waals surface area contributed by atoms with Crippen LogP contribution in [0.4, 0.5) is 11.9 Å². The van der Waals surface area contributed by atoms with Gasteiger partial charge in [-0.2, -0.15) is 15.0 Å². The Kier molecular flexibility index (Phi) is 4.87. The van der Waals surface area contributed by atoms with E-state index in [1.807, 2.05) is 0 Å². The Hall–Kier alpha value is -1.47. The van der Waals surface area contributed by atoms with Crippen molar-refractivity contribution in [2.75, 3.05) is 23.7 Å². The second kappa shape index (κ2) is 6.19. The van der Waals surface area contributed by atoms with Gasteiger partial charge in [-0.15, -0.1) is 0 Å². The van der Waals surface area contributed by atoms with E-state index in [1.54, 1.807) is 13.8 Å². The summed E-state index contributed by atoms with van der Waals surface area (Å²) < 4.78 is 0. The van der Waals surface area contributed by atoms with E-state index >= 15 is 0 Å². The molecule has 0 aliphatic rings. The van der Waals surface area contributed by atoms with Crippen molar-refractivity contribution in [1.82, 2.24) is 15.0 Å². The largest absolute Gasteiger partial charge is 0.392 e. The second-order valence-corrected chi connectivity index (χ2v) is 3.54. The molecule has 89 valence electrons. The monoisotopic (exact) mass is 226 g/mol. The fourth-order valence-corrected chi connectivity index (χ4v) is 0.906. The second-order valence-electron chi connectivity index (χ2n) is 3.54. The number of nitrogens with zero attached hydrogens (tertiary/aromatic N) is 3. The molecule has 0 saturated carbocycles. The molecule has 0 spiro atoms. The van der Waals surface area contributed by atoms with Crippen molar-refractivity contribution in [2.24, 2.45) is 0 Å². The van der Waals surface area contributed by atoms with E-state index in [-0.39, 0.29) is 0 Å². The molecule has 1 radical (unpaired) electrons. The first-order chi connectivity index (χ1) is 7.58. The molecule has 0 aliphatic carbocycles. The number of hydrogen-bond donors (Lipinski definition) is 4. The Morgan fingerprint density at radius 2 is 1.50 bits per heavy atom. The third-order valence-electron chi connectivity index (χ3n) is 1.63. The zero-order valence-electron chi connectivity index (χ0n) is 9.30. The van der Waals surface area contributed by atoms with Crippen LogP contribution in [0.1, 0.15) is 13.8 Å². The number of aliphatic hydroxyl groups is 2. The van der Waals surface area contributed by atoms with Gasteiger partial charge in [-0.1, -0.05) is 0 Å². The summed E-state index contributed by atoms with van der Waals surface area (Å²) in [7, 11) is 0. The van der Waals surface area contributed by atoms with Crippen LogP contribution in [0.25, 0.3) is 0 Å². The number of hydrogen-bond acceptors (Lipinski definition) is 7. The van der Waals surface area contributed by atoms with Crippen molar-refractivity contribution in [2.45, 2.75) is 26.1 Å². The summed E-state index contributed by atoms with van der Waals surface area (Å²) in [6.45, 7) is 4.02. The van der Waals surface area contributed by atoms with Crippen LogP contribution in [0.5, 0.6) is 0 Å². The van der Waals surface area contributed by atoms with Gasteiger partial charge in [0.1, 0.15) is 0 Å². The summed E-state index contributed by atoms with van der Waals surface area (Å²) in [4.78, 5) is 11.6. The van der Waals surface area contributed by atoms with Gasteiger partial charge in [0, 0.05) is 13.1 Å². The molecular weight excluding hydrogens is 210 g/mol. The number of rotatable bonds is 6. The topological polar surface area (TPSA) is 103 Å².